The smallest absolute Gasteiger partial charge is 0.265 e. The highest BCUT2D eigenvalue weighted by molar-refractivity contribution is 5.77. The minimum atomic E-state index is -0.519. The van der Waals surface area contributed by atoms with Gasteiger partial charge < -0.3 is 14.8 Å². The molecular weight excluding hydrogens is 378 g/mol. The fourth-order valence-corrected chi connectivity index (χ4v) is 3.77. The normalized spacial score (nSPS) is 18.0. The maximum Gasteiger partial charge on any atom is 0.265 e. The molecule has 1 unspecified atom stereocenters. The van der Waals surface area contributed by atoms with Crippen LogP contribution in [0.5, 0.6) is 0 Å². The summed E-state index contributed by atoms with van der Waals surface area (Å²) in [6.45, 7) is 7.24. The fraction of sp³-hybridized carbons (Fsp3) is 0.417. The van der Waals surface area contributed by atoms with Crippen molar-refractivity contribution in [3.8, 4) is 5.69 Å². The number of para-hydroxylation sites is 1. The molecule has 158 valence electrons. The molecule has 1 saturated heterocycles. The predicted molar refractivity (Wildman–Crippen MR) is 119 cm³/mol. The zero-order valence-corrected chi connectivity index (χ0v) is 17.9. The second-order valence-corrected chi connectivity index (χ2v) is 8.17. The Labute approximate surface area is 176 Å². The van der Waals surface area contributed by atoms with E-state index in [-0.39, 0.29) is 11.7 Å². The first-order valence-corrected chi connectivity index (χ1v) is 10.6. The largest absolute Gasteiger partial charge is 0.382 e. The summed E-state index contributed by atoms with van der Waals surface area (Å²) < 4.78 is 13.2. The van der Waals surface area contributed by atoms with Crippen molar-refractivity contribution in [2.24, 2.45) is 0 Å². The Hall–Kier alpha value is -2.70. The molecule has 2 aromatic carbocycles. The Morgan fingerprint density at radius 3 is 2.63 bits per heavy atom. The molecule has 1 fully saturated rings. The van der Waals surface area contributed by atoms with E-state index in [1.54, 1.807) is 4.57 Å². The van der Waals surface area contributed by atoms with E-state index in [4.69, 9.17) is 14.5 Å². The molecule has 3 aromatic rings. The Morgan fingerprint density at radius 1 is 1.17 bits per heavy atom. The van der Waals surface area contributed by atoms with Crippen LogP contribution in [0.3, 0.4) is 0 Å². The van der Waals surface area contributed by atoms with E-state index >= 15 is 0 Å². The summed E-state index contributed by atoms with van der Waals surface area (Å²) in [5.74, 6) is 0.287. The lowest BCUT2D eigenvalue weighted by atomic mass is 10.2. The standard InChI is InChI=1S/C24H29N3O3/c1-4-5-10-22-26-21-9-7-6-8-20(21)23(28)27(22)18-13-11-17(12-14-18)25-15-19-16-29-24(2,3)30-19/h6-9,11-14,19,25H,4-5,10,15-16H2,1-3H3. The van der Waals surface area contributed by atoms with Gasteiger partial charge in [0.05, 0.1) is 23.2 Å². The lowest BCUT2D eigenvalue weighted by molar-refractivity contribution is -0.136. The van der Waals surface area contributed by atoms with Gasteiger partial charge in [-0.25, -0.2) is 4.98 Å². The highest BCUT2D eigenvalue weighted by Crippen LogP contribution is 2.23. The average Bonchev–Trinajstić information content (AvgIpc) is 3.10. The van der Waals surface area contributed by atoms with E-state index in [9.17, 15) is 4.79 Å². The van der Waals surface area contributed by atoms with Crippen molar-refractivity contribution in [3.05, 3.63) is 64.7 Å². The Morgan fingerprint density at radius 2 is 1.93 bits per heavy atom. The molecule has 0 radical (unpaired) electrons. The molecule has 6 nitrogen and oxygen atoms in total. The number of nitrogens with zero attached hydrogens (tertiary/aromatic N) is 2. The van der Waals surface area contributed by atoms with Gasteiger partial charge in [0.25, 0.3) is 5.56 Å². The van der Waals surface area contributed by atoms with Gasteiger partial charge in [0.15, 0.2) is 5.79 Å². The van der Waals surface area contributed by atoms with Crippen molar-refractivity contribution in [2.75, 3.05) is 18.5 Å². The Bertz CT molecular complexity index is 1070. The molecule has 1 atom stereocenters. The number of hydrogen-bond donors (Lipinski definition) is 1. The number of rotatable bonds is 7. The molecule has 0 bridgehead atoms. The minimum absolute atomic E-state index is 0.0210. The van der Waals surface area contributed by atoms with Crippen molar-refractivity contribution in [1.82, 2.24) is 9.55 Å². The van der Waals surface area contributed by atoms with Gasteiger partial charge in [0.2, 0.25) is 0 Å². The number of hydrogen-bond acceptors (Lipinski definition) is 5. The van der Waals surface area contributed by atoms with E-state index in [1.165, 1.54) is 0 Å². The SMILES string of the molecule is CCCCc1nc2ccccc2c(=O)n1-c1ccc(NCC2COC(C)(C)O2)cc1. The molecule has 0 saturated carbocycles. The van der Waals surface area contributed by atoms with Crippen LogP contribution in [-0.2, 0) is 15.9 Å². The number of fused-ring (bicyclic) bond motifs is 1. The van der Waals surface area contributed by atoms with Crippen LogP contribution in [0.1, 0.15) is 39.4 Å². The first kappa shape index (κ1) is 20.6. The number of benzene rings is 2. The second kappa shape index (κ2) is 8.58. The van der Waals surface area contributed by atoms with E-state index in [2.05, 4.69) is 12.2 Å². The van der Waals surface area contributed by atoms with E-state index in [0.29, 0.717) is 18.5 Å². The molecule has 1 aliphatic rings. The van der Waals surface area contributed by atoms with Gasteiger partial charge in [-0.05, 0) is 56.7 Å². The van der Waals surface area contributed by atoms with Gasteiger partial charge in [-0.15, -0.1) is 0 Å². The highest BCUT2D eigenvalue weighted by atomic mass is 16.7. The van der Waals surface area contributed by atoms with Crippen LogP contribution in [0.25, 0.3) is 16.6 Å². The fourth-order valence-electron chi connectivity index (χ4n) is 3.77. The molecule has 4 rings (SSSR count). The molecule has 0 aliphatic carbocycles. The summed E-state index contributed by atoms with van der Waals surface area (Å²) in [6.07, 6.45) is 2.83. The number of unbranched alkanes of at least 4 members (excludes halogenated alkanes) is 1. The molecule has 6 heteroatoms. The molecule has 2 heterocycles. The van der Waals surface area contributed by atoms with Crippen molar-refractivity contribution >= 4 is 16.6 Å². The number of ether oxygens (including phenoxy) is 2. The lowest BCUT2D eigenvalue weighted by Gasteiger charge is -2.18. The quantitative estimate of drug-likeness (QED) is 0.633. The first-order chi connectivity index (χ1) is 14.5. The van der Waals surface area contributed by atoms with Gasteiger partial charge in [-0.3, -0.25) is 9.36 Å². The van der Waals surface area contributed by atoms with Crippen LogP contribution in [0, 0.1) is 0 Å². The monoisotopic (exact) mass is 407 g/mol. The zero-order valence-electron chi connectivity index (χ0n) is 17.9. The number of nitrogens with one attached hydrogen (secondary N) is 1. The van der Waals surface area contributed by atoms with Crippen molar-refractivity contribution in [1.29, 1.82) is 0 Å². The van der Waals surface area contributed by atoms with Crippen LogP contribution >= 0.6 is 0 Å². The maximum absolute atomic E-state index is 13.2. The van der Waals surface area contributed by atoms with Crippen molar-refractivity contribution < 1.29 is 9.47 Å². The topological polar surface area (TPSA) is 65.4 Å². The Balaban J connectivity index is 1.58. The third-order valence-corrected chi connectivity index (χ3v) is 5.33. The van der Waals surface area contributed by atoms with Crippen LogP contribution in [0.4, 0.5) is 5.69 Å². The summed E-state index contributed by atoms with van der Waals surface area (Å²) in [4.78, 5) is 18.0. The molecule has 0 amide bonds. The van der Waals surface area contributed by atoms with Gasteiger partial charge >= 0.3 is 0 Å². The minimum Gasteiger partial charge on any atom is -0.382 e. The van der Waals surface area contributed by atoms with Crippen LogP contribution in [0.2, 0.25) is 0 Å². The first-order valence-electron chi connectivity index (χ1n) is 10.6. The highest BCUT2D eigenvalue weighted by Gasteiger charge is 2.32. The van der Waals surface area contributed by atoms with Crippen LogP contribution in [0.15, 0.2) is 53.3 Å². The third kappa shape index (κ3) is 4.40. The molecule has 1 aliphatic heterocycles. The lowest BCUT2D eigenvalue weighted by Crippen LogP contribution is -2.26. The van der Waals surface area contributed by atoms with E-state index in [1.807, 2.05) is 62.4 Å². The molecule has 1 N–H and O–H groups in total. The summed E-state index contributed by atoms with van der Waals surface area (Å²) in [5, 5.41) is 4.03. The van der Waals surface area contributed by atoms with Crippen molar-refractivity contribution in [3.63, 3.8) is 0 Å². The maximum atomic E-state index is 13.2. The van der Waals surface area contributed by atoms with E-state index < -0.39 is 5.79 Å². The number of aryl methyl sites for hydroxylation is 1. The predicted octanol–water partition coefficient (Wildman–Crippen LogP) is 4.29. The summed E-state index contributed by atoms with van der Waals surface area (Å²) in [6, 6.07) is 15.4. The zero-order chi connectivity index (χ0) is 21.1. The molecular formula is C24H29N3O3. The second-order valence-electron chi connectivity index (χ2n) is 8.17. The summed E-state index contributed by atoms with van der Waals surface area (Å²) in [5.41, 5.74) is 2.54. The summed E-state index contributed by atoms with van der Waals surface area (Å²) >= 11 is 0. The third-order valence-electron chi connectivity index (χ3n) is 5.33. The number of aromatic nitrogens is 2. The molecule has 1 aromatic heterocycles. The average molecular weight is 408 g/mol. The van der Waals surface area contributed by atoms with Gasteiger partial charge in [-0.2, -0.15) is 0 Å². The van der Waals surface area contributed by atoms with Crippen molar-refractivity contribution in [2.45, 2.75) is 51.9 Å². The Kier molecular flexibility index (Phi) is 5.88. The number of anilines is 1. The summed E-state index contributed by atoms with van der Waals surface area (Å²) in [7, 11) is 0. The van der Waals surface area contributed by atoms with Gasteiger partial charge in [0.1, 0.15) is 11.9 Å². The van der Waals surface area contributed by atoms with Gasteiger partial charge in [0, 0.05) is 18.7 Å². The van der Waals surface area contributed by atoms with Crippen LogP contribution in [-0.4, -0.2) is 34.6 Å². The van der Waals surface area contributed by atoms with Gasteiger partial charge in [-0.1, -0.05) is 25.5 Å². The van der Waals surface area contributed by atoms with Crippen LogP contribution < -0.4 is 10.9 Å². The van der Waals surface area contributed by atoms with E-state index in [0.717, 1.165) is 42.0 Å². The molecule has 0 spiro atoms. The molecule has 30 heavy (non-hydrogen) atoms.